The van der Waals surface area contributed by atoms with Crippen molar-refractivity contribution < 1.29 is 0 Å². The fourth-order valence-electron chi connectivity index (χ4n) is 1.55. The van der Waals surface area contributed by atoms with Gasteiger partial charge in [-0.1, -0.05) is 6.92 Å². The van der Waals surface area contributed by atoms with Crippen LogP contribution >= 0.6 is 0 Å². The minimum Gasteiger partial charge on any atom is -0.332 e. The van der Waals surface area contributed by atoms with Crippen LogP contribution in [0.4, 0.5) is 0 Å². The van der Waals surface area contributed by atoms with E-state index in [4.69, 9.17) is 5.73 Å². The summed E-state index contributed by atoms with van der Waals surface area (Å²) in [5, 5.41) is 0. The second-order valence-corrected chi connectivity index (χ2v) is 3.44. The molecule has 1 aliphatic carbocycles. The van der Waals surface area contributed by atoms with E-state index in [9.17, 15) is 0 Å². The quantitative estimate of drug-likeness (QED) is 0.632. The molecule has 0 amide bonds. The summed E-state index contributed by atoms with van der Waals surface area (Å²) in [6.45, 7) is 3.84. The van der Waals surface area contributed by atoms with E-state index < -0.39 is 0 Å². The van der Waals surface area contributed by atoms with Gasteiger partial charge in [0.2, 0.25) is 0 Å². The third kappa shape index (κ3) is 1.32. The normalized spacial score (nSPS) is 31.2. The lowest BCUT2D eigenvalue weighted by Crippen LogP contribution is -2.57. The number of nitrogens with two attached hydrogens (primary N) is 1. The van der Waals surface area contributed by atoms with Gasteiger partial charge in [0.1, 0.15) is 6.29 Å². The van der Waals surface area contributed by atoms with Gasteiger partial charge in [-0.15, -0.1) is 0 Å². The van der Waals surface area contributed by atoms with Crippen LogP contribution in [0.15, 0.2) is 4.99 Å². The number of nitrogens with zero attached hydrogens (tertiary/aromatic N) is 3. The number of hydrogen-bond acceptors (Lipinski definition) is 4. The number of rotatable bonds is 2. The maximum Gasteiger partial charge on any atom is 0.137 e. The highest BCUT2D eigenvalue weighted by Crippen LogP contribution is 2.28. The van der Waals surface area contributed by atoms with E-state index in [0.29, 0.717) is 6.04 Å². The van der Waals surface area contributed by atoms with Gasteiger partial charge in [-0.2, -0.15) is 0 Å². The Kier molecular flexibility index (Phi) is 2.02. The molecule has 4 nitrogen and oxygen atoms in total. The largest absolute Gasteiger partial charge is 0.332 e. The van der Waals surface area contributed by atoms with Crippen molar-refractivity contribution >= 4 is 6.34 Å². The molecule has 0 saturated heterocycles. The van der Waals surface area contributed by atoms with Crippen LogP contribution in [0.1, 0.15) is 19.8 Å². The van der Waals surface area contributed by atoms with Crippen molar-refractivity contribution in [2.45, 2.75) is 32.1 Å². The van der Waals surface area contributed by atoms with E-state index in [1.807, 2.05) is 6.34 Å². The van der Waals surface area contributed by atoms with Crippen LogP contribution in [0, 0.1) is 0 Å². The van der Waals surface area contributed by atoms with Crippen LogP contribution in [0.2, 0.25) is 0 Å². The zero-order valence-electron chi connectivity index (χ0n) is 7.48. The minimum atomic E-state index is 0.0556. The summed E-state index contributed by atoms with van der Waals surface area (Å²) in [5.41, 5.74) is 6.04. The fourth-order valence-corrected chi connectivity index (χ4v) is 1.55. The second kappa shape index (κ2) is 3.03. The Balaban J connectivity index is 2.03. The van der Waals surface area contributed by atoms with Gasteiger partial charge < -0.3 is 4.90 Å². The predicted molar refractivity (Wildman–Crippen MR) is 48.6 cm³/mol. The lowest BCUT2D eigenvalue weighted by atomic mass is 10.4. The van der Waals surface area contributed by atoms with Gasteiger partial charge in [0.25, 0.3) is 0 Å². The molecular formula is C8H16N4. The highest BCUT2D eigenvalue weighted by atomic mass is 15.5. The third-order valence-electron chi connectivity index (χ3n) is 2.53. The highest BCUT2D eigenvalue weighted by molar-refractivity contribution is 5.57. The first kappa shape index (κ1) is 8.01. The van der Waals surface area contributed by atoms with Crippen molar-refractivity contribution in [1.82, 2.24) is 9.80 Å². The molecule has 2 rings (SSSR count). The summed E-state index contributed by atoms with van der Waals surface area (Å²) in [4.78, 5) is 8.61. The second-order valence-electron chi connectivity index (χ2n) is 3.44. The van der Waals surface area contributed by atoms with Crippen LogP contribution in [0.25, 0.3) is 0 Å². The zero-order valence-corrected chi connectivity index (χ0v) is 7.48. The van der Waals surface area contributed by atoms with E-state index in [0.717, 1.165) is 13.2 Å². The Labute approximate surface area is 73.0 Å². The minimum absolute atomic E-state index is 0.0556. The van der Waals surface area contributed by atoms with Gasteiger partial charge in [-0.3, -0.25) is 15.6 Å². The molecule has 0 aromatic heterocycles. The molecule has 1 unspecified atom stereocenters. The topological polar surface area (TPSA) is 44.9 Å². The molecule has 1 aliphatic heterocycles. The first-order valence-electron chi connectivity index (χ1n) is 4.60. The molecule has 68 valence electrons. The smallest absolute Gasteiger partial charge is 0.137 e. The Morgan fingerprint density at radius 3 is 2.92 bits per heavy atom. The van der Waals surface area contributed by atoms with Crippen LogP contribution in [-0.4, -0.2) is 41.7 Å². The molecule has 12 heavy (non-hydrogen) atoms. The third-order valence-corrected chi connectivity index (χ3v) is 2.53. The van der Waals surface area contributed by atoms with Crippen molar-refractivity contribution in [1.29, 1.82) is 0 Å². The molecule has 0 spiro atoms. The lowest BCUT2D eigenvalue weighted by Gasteiger charge is -2.37. The average Bonchev–Trinajstić information content (AvgIpc) is 2.88. The van der Waals surface area contributed by atoms with Crippen LogP contribution in [0.3, 0.4) is 0 Å². The molecule has 1 saturated carbocycles. The Morgan fingerprint density at radius 2 is 2.33 bits per heavy atom. The standard InChI is InChI=1S/C8H16N4/c1-2-11-5-10-6-12(8(11)9)7-3-4-7/h6-8H,2-5,9H2,1H3. The Morgan fingerprint density at radius 1 is 1.58 bits per heavy atom. The van der Waals surface area contributed by atoms with E-state index in [1.165, 1.54) is 12.8 Å². The predicted octanol–water partition coefficient (Wildman–Crippen LogP) is 0.0144. The first-order chi connectivity index (χ1) is 5.83. The van der Waals surface area contributed by atoms with Crippen molar-refractivity contribution in [3.8, 4) is 0 Å². The molecule has 0 radical (unpaired) electrons. The van der Waals surface area contributed by atoms with Crippen molar-refractivity contribution in [2.24, 2.45) is 10.7 Å². The van der Waals surface area contributed by atoms with E-state index in [-0.39, 0.29) is 6.29 Å². The Hall–Kier alpha value is -0.610. The highest BCUT2D eigenvalue weighted by Gasteiger charge is 2.34. The van der Waals surface area contributed by atoms with Crippen LogP contribution in [-0.2, 0) is 0 Å². The number of aliphatic imine (C=N–C) groups is 1. The van der Waals surface area contributed by atoms with Gasteiger partial charge in [0.15, 0.2) is 0 Å². The summed E-state index contributed by atoms with van der Waals surface area (Å²) < 4.78 is 0. The summed E-state index contributed by atoms with van der Waals surface area (Å²) in [7, 11) is 0. The molecular weight excluding hydrogens is 152 g/mol. The summed E-state index contributed by atoms with van der Waals surface area (Å²) >= 11 is 0. The molecule has 4 heteroatoms. The van der Waals surface area contributed by atoms with E-state index >= 15 is 0 Å². The van der Waals surface area contributed by atoms with E-state index in [1.54, 1.807) is 0 Å². The van der Waals surface area contributed by atoms with E-state index in [2.05, 4.69) is 21.7 Å². The van der Waals surface area contributed by atoms with Crippen LogP contribution < -0.4 is 5.73 Å². The molecule has 1 atom stereocenters. The van der Waals surface area contributed by atoms with Gasteiger partial charge in [-0.25, -0.2) is 0 Å². The monoisotopic (exact) mass is 168 g/mol. The lowest BCUT2D eigenvalue weighted by molar-refractivity contribution is 0.0885. The molecule has 2 aliphatic rings. The van der Waals surface area contributed by atoms with Gasteiger partial charge in [-0.05, 0) is 12.8 Å². The molecule has 0 bridgehead atoms. The van der Waals surface area contributed by atoms with Crippen molar-refractivity contribution in [3.63, 3.8) is 0 Å². The van der Waals surface area contributed by atoms with Crippen molar-refractivity contribution in [2.75, 3.05) is 13.2 Å². The zero-order chi connectivity index (χ0) is 8.55. The molecule has 1 fully saturated rings. The maximum absolute atomic E-state index is 6.04. The fraction of sp³-hybridized carbons (Fsp3) is 0.875. The Bertz CT molecular complexity index is 187. The van der Waals surface area contributed by atoms with Crippen molar-refractivity contribution in [3.05, 3.63) is 0 Å². The molecule has 0 aromatic carbocycles. The molecule has 1 heterocycles. The summed E-state index contributed by atoms with van der Waals surface area (Å²) in [6.07, 6.45) is 4.52. The van der Waals surface area contributed by atoms with Gasteiger partial charge >= 0.3 is 0 Å². The summed E-state index contributed by atoms with van der Waals surface area (Å²) in [5.74, 6) is 0. The summed E-state index contributed by atoms with van der Waals surface area (Å²) in [6, 6.07) is 0.665. The van der Waals surface area contributed by atoms with Crippen LogP contribution in [0.5, 0.6) is 0 Å². The van der Waals surface area contributed by atoms with Gasteiger partial charge in [0, 0.05) is 12.6 Å². The van der Waals surface area contributed by atoms with Gasteiger partial charge in [0.05, 0.1) is 13.0 Å². The first-order valence-corrected chi connectivity index (χ1v) is 4.60. The maximum atomic E-state index is 6.04. The SMILES string of the molecule is CCN1CN=CN(C2CC2)C1N. The average molecular weight is 168 g/mol. The molecule has 2 N–H and O–H groups in total. The number of hydrogen-bond donors (Lipinski definition) is 1. The molecule has 0 aromatic rings.